The third kappa shape index (κ3) is 3.09. The van der Waals surface area contributed by atoms with Gasteiger partial charge in [-0.25, -0.2) is 4.98 Å². The van der Waals surface area contributed by atoms with Gasteiger partial charge in [-0.2, -0.15) is 0 Å². The number of hydrogen-bond acceptors (Lipinski definition) is 3. The summed E-state index contributed by atoms with van der Waals surface area (Å²) in [6, 6.07) is 6.04. The van der Waals surface area contributed by atoms with Crippen molar-refractivity contribution in [1.82, 2.24) is 19.8 Å². The predicted octanol–water partition coefficient (Wildman–Crippen LogP) is 2.87. The van der Waals surface area contributed by atoms with Gasteiger partial charge < -0.3 is 9.88 Å². The lowest BCUT2D eigenvalue weighted by atomic mass is 10.1. The van der Waals surface area contributed by atoms with Crippen LogP contribution in [0.1, 0.15) is 17.4 Å². The van der Waals surface area contributed by atoms with Crippen LogP contribution in [-0.2, 0) is 13.6 Å². The van der Waals surface area contributed by atoms with E-state index in [-0.39, 0.29) is 6.04 Å². The monoisotopic (exact) mass is 324 g/mol. The van der Waals surface area contributed by atoms with E-state index in [0.717, 1.165) is 37.6 Å². The summed E-state index contributed by atoms with van der Waals surface area (Å²) in [5.41, 5.74) is 1.06. The molecule has 1 atom stereocenters. The number of nitrogens with one attached hydrogen (secondary N) is 1. The summed E-state index contributed by atoms with van der Waals surface area (Å²) in [6.07, 6.45) is 3.82. The Hall–Kier alpha value is -1.07. The molecule has 0 amide bonds. The number of nitrogens with zero attached hydrogens (tertiary/aromatic N) is 3. The van der Waals surface area contributed by atoms with Crippen LogP contribution in [0.5, 0.6) is 0 Å². The van der Waals surface area contributed by atoms with Gasteiger partial charge in [0.2, 0.25) is 0 Å². The molecule has 1 aromatic heterocycles. The lowest BCUT2D eigenvalue weighted by Crippen LogP contribution is -2.46. The molecule has 1 aliphatic heterocycles. The molecular weight excluding hydrogens is 307 g/mol. The largest absolute Gasteiger partial charge is 0.337 e. The molecule has 4 nitrogen and oxygen atoms in total. The third-order valence-corrected chi connectivity index (χ3v) is 4.77. The number of benzene rings is 1. The van der Waals surface area contributed by atoms with Gasteiger partial charge in [0.25, 0.3) is 0 Å². The van der Waals surface area contributed by atoms with Crippen LogP contribution in [0.25, 0.3) is 0 Å². The Balaban J connectivity index is 1.85. The first kappa shape index (κ1) is 14.9. The van der Waals surface area contributed by atoms with Crippen molar-refractivity contribution < 1.29 is 0 Å². The minimum Gasteiger partial charge on any atom is -0.337 e. The summed E-state index contributed by atoms with van der Waals surface area (Å²) in [6.45, 7) is 3.60. The second kappa shape index (κ2) is 6.36. The maximum atomic E-state index is 6.32. The Bertz CT molecular complexity index is 626. The van der Waals surface area contributed by atoms with Crippen LogP contribution in [0.15, 0.2) is 30.6 Å². The number of aromatic nitrogens is 2. The third-order valence-electron chi connectivity index (χ3n) is 3.92. The van der Waals surface area contributed by atoms with E-state index in [2.05, 4.69) is 19.8 Å². The first-order chi connectivity index (χ1) is 10.2. The molecule has 1 N–H and O–H groups in total. The summed E-state index contributed by atoms with van der Waals surface area (Å²) in [5, 5.41) is 4.70. The molecule has 1 fully saturated rings. The van der Waals surface area contributed by atoms with Gasteiger partial charge in [-0.15, -0.1) is 0 Å². The molecule has 3 rings (SSSR count). The van der Waals surface area contributed by atoms with Crippen molar-refractivity contribution in [2.45, 2.75) is 12.6 Å². The van der Waals surface area contributed by atoms with Crippen molar-refractivity contribution in [3.05, 3.63) is 52.0 Å². The normalized spacial score (nSPS) is 19.9. The maximum Gasteiger partial charge on any atom is 0.127 e. The van der Waals surface area contributed by atoms with E-state index in [1.807, 2.05) is 37.6 Å². The van der Waals surface area contributed by atoms with Crippen LogP contribution in [-0.4, -0.2) is 34.1 Å². The van der Waals surface area contributed by atoms with Crippen LogP contribution >= 0.6 is 23.2 Å². The van der Waals surface area contributed by atoms with Gasteiger partial charge in [-0.3, -0.25) is 4.90 Å². The highest BCUT2D eigenvalue weighted by molar-refractivity contribution is 6.42. The quantitative estimate of drug-likeness (QED) is 0.942. The van der Waals surface area contributed by atoms with E-state index in [1.165, 1.54) is 0 Å². The molecule has 0 aliphatic carbocycles. The predicted molar refractivity (Wildman–Crippen MR) is 85.7 cm³/mol. The molecule has 2 aromatic rings. The minimum absolute atomic E-state index is 0.244. The van der Waals surface area contributed by atoms with E-state index in [9.17, 15) is 0 Å². The van der Waals surface area contributed by atoms with Gasteiger partial charge in [0, 0.05) is 45.6 Å². The van der Waals surface area contributed by atoms with E-state index < -0.39 is 0 Å². The van der Waals surface area contributed by atoms with Crippen molar-refractivity contribution in [1.29, 1.82) is 0 Å². The zero-order valence-electron chi connectivity index (χ0n) is 11.9. The molecule has 0 spiro atoms. The minimum atomic E-state index is 0.244. The summed E-state index contributed by atoms with van der Waals surface area (Å²) >= 11 is 12.4. The van der Waals surface area contributed by atoms with Gasteiger partial charge >= 0.3 is 0 Å². The first-order valence-corrected chi connectivity index (χ1v) is 7.77. The lowest BCUT2D eigenvalue weighted by Gasteiger charge is -2.36. The van der Waals surface area contributed by atoms with E-state index in [4.69, 9.17) is 23.2 Å². The van der Waals surface area contributed by atoms with Gasteiger partial charge in [-0.05, 0) is 11.6 Å². The van der Waals surface area contributed by atoms with Crippen molar-refractivity contribution in [3.63, 3.8) is 0 Å². The highest BCUT2D eigenvalue weighted by Crippen LogP contribution is 2.29. The highest BCUT2D eigenvalue weighted by Gasteiger charge is 2.27. The number of hydrogen-bond donors (Lipinski definition) is 1. The van der Waals surface area contributed by atoms with Gasteiger partial charge in [0.15, 0.2) is 0 Å². The molecule has 1 aromatic carbocycles. The lowest BCUT2D eigenvalue weighted by molar-refractivity contribution is 0.145. The van der Waals surface area contributed by atoms with Crippen LogP contribution < -0.4 is 5.32 Å². The van der Waals surface area contributed by atoms with Crippen LogP contribution in [0.4, 0.5) is 0 Å². The van der Waals surface area contributed by atoms with E-state index >= 15 is 0 Å². The first-order valence-electron chi connectivity index (χ1n) is 7.01. The van der Waals surface area contributed by atoms with Crippen LogP contribution in [0, 0.1) is 0 Å². The average molecular weight is 325 g/mol. The second-order valence-electron chi connectivity index (χ2n) is 5.30. The summed E-state index contributed by atoms with van der Waals surface area (Å²) in [5.74, 6) is 1.07. The summed E-state index contributed by atoms with van der Waals surface area (Å²) in [7, 11) is 2.03. The Morgan fingerprint density at radius 3 is 3.00 bits per heavy atom. The zero-order valence-corrected chi connectivity index (χ0v) is 13.4. The molecule has 0 radical (unpaired) electrons. The molecule has 1 saturated heterocycles. The van der Waals surface area contributed by atoms with Crippen LogP contribution in [0.2, 0.25) is 10.0 Å². The Morgan fingerprint density at radius 1 is 1.38 bits per heavy atom. The molecule has 0 bridgehead atoms. The Labute approximate surface area is 134 Å². The molecular formula is C15H18Cl2N4. The Morgan fingerprint density at radius 2 is 2.24 bits per heavy atom. The number of aryl methyl sites for hydroxylation is 1. The van der Waals surface area contributed by atoms with Crippen molar-refractivity contribution in [3.8, 4) is 0 Å². The van der Waals surface area contributed by atoms with E-state index in [0.29, 0.717) is 10.0 Å². The number of piperazine rings is 1. The number of halogens is 2. The van der Waals surface area contributed by atoms with Gasteiger partial charge in [0.1, 0.15) is 5.82 Å². The molecule has 112 valence electrons. The fraction of sp³-hybridized carbons (Fsp3) is 0.400. The van der Waals surface area contributed by atoms with Crippen molar-refractivity contribution in [2.24, 2.45) is 7.05 Å². The average Bonchev–Trinajstić information content (AvgIpc) is 2.90. The van der Waals surface area contributed by atoms with Gasteiger partial charge in [-0.1, -0.05) is 35.3 Å². The van der Waals surface area contributed by atoms with Crippen molar-refractivity contribution in [2.75, 3.05) is 19.6 Å². The molecule has 6 heteroatoms. The summed E-state index contributed by atoms with van der Waals surface area (Å²) < 4.78 is 2.07. The molecule has 21 heavy (non-hydrogen) atoms. The van der Waals surface area contributed by atoms with Crippen LogP contribution in [0.3, 0.4) is 0 Å². The second-order valence-corrected chi connectivity index (χ2v) is 6.08. The smallest absolute Gasteiger partial charge is 0.127 e. The summed E-state index contributed by atoms with van der Waals surface area (Å²) in [4.78, 5) is 6.89. The zero-order chi connectivity index (χ0) is 14.8. The fourth-order valence-corrected chi connectivity index (χ4v) is 3.16. The molecule has 1 aliphatic rings. The SMILES string of the molecule is Cn1ccnc1C1CNCCN1Cc1cccc(Cl)c1Cl. The maximum absolute atomic E-state index is 6.32. The highest BCUT2D eigenvalue weighted by atomic mass is 35.5. The molecule has 1 unspecified atom stereocenters. The standard InChI is InChI=1S/C15H18Cl2N4/c1-20-7-6-19-15(20)13-9-18-5-8-21(13)10-11-3-2-4-12(16)14(11)17/h2-4,6-7,13,18H,5,8-10H2,1H3. The van der Waals surface area contributed by atoms with Crippen molar-refractivity contribution >= 4 is 23.2 Å². The van der Waals surface area contributed by atoms with Gasteiger partial charge in [0.05, 0.1) is 16.1 Å². The fourth-order valence-electron chi connectivity index (χ4n) is 2.78. The number of imidazole rings is 1. The molecule has 2 heterocycles. The Kier molecular flexibility index (Phi) is 4.50. The number of rotatable bonds is 3. The topological polar surface area (TPSA) is 33.1 Å². The van der Waals surface area contributed by atoms with E-state index in [1.54, 1.807) is 0 Å². The molecule has 0 saturated carbocycles.